The van der Waals surface area contributed by atoms with E-state index in [-0.39, 0.29) is 0 Å². The van der Waals surface area contributed by atoms with Crippen LogP contribution in [-0.4, -0.2) is 37.1 Å². The average Bonchev–Trinajstić information content (AvgIpc) is 2.38. The van der Waals surface area contributed by atoms with E-state index in [0.29, 0.717) is 6.04 Å². The van der Waals surface area contributed by atoms with Gasteiger partial charge in [-0.1, -0.05) is 42.2 Å². The third-order valence-corrected chi connectivity index (χ3v) is 3.18. The molecule has 0 amide bonds. The molecule has 1 unspecified atom stereocenters. The predicted octanol–water partition coefficient (Wildman–Crippen LogP) is 1.53. The summed E-state index contributed by atoms with van der Waals surface area (Å²) in [5.41, 5.74) is 1.30. The van der Waals surface area contributed by atoms with Crippen molar-refractivity contribution in [3.63, 3.8) is 0 Å². The van der Waals surface area contributed by atoms with Crippen LogP contribution in [-0.2, 0) is 6.42 Å². The molecule has 0 aliphatic carbocycles. The standard InChI is InChI=1S/C15H20N2/c1-14-13-16-10-12-17(14)11-6-5-9-15-7-3-2-4-8-15/h2-4,7-8,14,16H,9-13H2,1H3. The molecule has 0 saturated carbocycles. The molecule has 2 heteroatoms. The Morgan fingerprint density at radius 2 is 2.12 bits per heavy atom. The molecular weight excluding hydrogens is 208 g/mol. The predicted molar refractivity (Wildman–Crippen MR) is 71.8 cm³/mol. The van der Waals surface area contributed by atoms with Crippen molar-refractivity contribution < 1.29 is 0 Å². The van der Waals surface area contributed by atoms with Crippen LogP contribution in [0.2, 0.25) is 0 Å². The third-order valence-electron chi connectivity index (χ3n) is 3.18. The average molecular weight is 228 g/mol. The first-order chi connectivity index (χ1) is 8.36. The molecule has 1 atom stereocenters. The van der Waals surface area contributed by atoms with Gasteiger partial charge in [-0.25, -0.2) is 0 Å². The molecule has 0 radical (unpaired) electrons. The summed E-state index contributed by atoms with van der Waals surface area (Å²) in [6.45, 7) is 6.44. The largest absolute Gasteiger partial charge is 0.314 e. The maximum absolute atomic E-state index is 3.39. The van der Waals surface area contributed by atoms with Gasteiger partial charge in [0.25, 0.3) is 0 Å². The maximum Gasteiger partial charge on any atom is 0.0604 e. The van der Waals surface area contributed by atoms with Crippen LogP contribution in [0.25, 0.3) is 0 Å². The lowest BCUT2D eigenvalue weighted by Crippen LogP contribution is -2.49. The van der Waals surface area contributed by atoms with E-state index in [9.17, 15) is 0 Å². The Morgan fingerprint density at radius 3 is 2.88 bits per heavy atom. The molecule has 17 heavy (non-hydrogen) atoms. The van der Waals surface area contributed by atoms with Crippen LogP contribution in [0.1, 0.15) is 12.5 Å². The molecule has 1 saturated heterocycles. The lowest BCUT2D eigenvalue weighted by atomic mass is 10.1. The van der Waals surface area contributed by atoms with Gasteiger partial charge in [-0.2, -0.15) is 0 Å². The molecule has 0 spiro atoms. The van der Waals surface area contributed by atoms with Gasteiger partial charge in [0.15, 0.2) is 0 Å². The number of hydrogen-bond acceptors (Lipinski definition) is 2. The topological polar surface area (TPSA) is 15.3 Å². The van der Waals surface area contributed by atoms with Gasteiger partial charge in [-0.3, -0.25) is 4.90 Å². The fourth-order valence-corrected chi connectivity index (χ4v) is 2.04. The molecule has 0 bridgehead atoms. The van der Waals surface area contributed by atoms with Crippen LogP contribution in [0.4, 0.5) is 0 Å². The Bertz CT molecular complexity index is 388. The molecule has 1 N–H and O–H groups in total. The van der Waals surface area contributed by atoms with Crippen molar-refractivity contribution in [3.05, 3.63) is 35.9 Å². The first kappa shape index (κ1) is 12.2. The highest BCUT2D eigenvalue weighted by Crippen LogP contribution is 2.01. The number of nitrogens with zero attached hydrogens (tertiary/aromatic N) is 1. The minimum atomic E-state index is 0.606. The minimum absolute atomic E-state index is 0.606. The highest BCUT2D eigenvalue weighted by molar-refractivity contribution is 5.21. The van der Waals surface area contributed by atoms with E-state index in [1.54, 1.807) is 0 Å². The van der Waals surface area contributed by atoms with E-state index in [1.807, 2.05) is 6.07 Å². The number of rotatable bonds is 2. The van der Waals surface area contributed by atoms with Crippen molar-refractivity contribution in [2.75, 3.05) is 26.2 Å². The fourth-order valence-electron chi connectivity index (χ4n) is 2.04. The molecule has 1 aliphatic rings. The van der Waals surface area contributed by atoms with Gasteiger partial charge in [-0.05, 0) is 12.5 Å². The van der Waals surface area contributed by atoms with E-state index in [1.165, 1.54) is 5.56 Å². The molecule has 1 aromatic rings. The minimum Gasteiger partial charge on any atom is -0.314 e. The van der Waals surface area contributed by atoms with Crippen molar-refractivity contribution in [1.82, 2.24) is 10.2 Å². The van der Waals surface area contributed by atoms with E-state index in [0.717, 1.165) is 32.6 Å². The van der Waals surface area contributed by atoms with E-state index in [4.69, 9.17) is 0 Å². The van der Waals surface area contributed by atoms with Gasteiger partial charge in [0.2, 0.25) is 0 Å². The second-order valence-corrected chi connectivity index (χ2v) is 4.54. The van der Waals surface area contributed by atoms with E-state index in [2.05, 4.69) is 53.2 Å². The first-order valence-corrected chi connectivity index (χ1v) is 6.30. The van der Waals surface area contributed by atoms with Crippen LogP contribution in [0.3, 0.4) is 0 Å². The molecule has 1 aromatic carbocycles. The summed E-state index contributed by atoms with van der Waals surface area (Å²) in [5.74, 6) is 6.54. The smallest absolute Gasteiger partial charge is 0.0604 e. The summed E-state index contributed by atoms with van der Waals surface area (Å²) in [5, 5.41) is 3.39. The van der Waals surface area contributed by atoms with Gasteiger partial charge in [0, 0.05) is 32.1 Å². The monoisotopic (exact) mass is 228 g/mol. The lowest BCUT2D eigenvalue weighted by molar-refractivity contribution is 0.196. The molecule has 2 rings (SSSR count). The van der Waals surface area contributed by atoms with Crippen molar-refractivity contribution in [1.29, 1.82) is 0 Å². The van der Waals surface area contributed by atoms with Gasteiger partial charge >= 0.3 is 0 Å². The van der Waals surface area contributed by atoms with Gasteiger partial charge < -0.3 is 5.32 Å². The zero-order chi connectivity index (χ0) is 11.9. The first-order valence-electron chi connectivity index (χ1n) is 6.30. The van der Waals surface area contributed by atoms with Crippen LogP contribution in [0, 0.1) is 11.8 Å². The molecule has 90 valence electrons. The summed E-state index contributed by atoms with van der Waals surface area (Å²) < 4.78 is 0. The van der Waals surface area contributed by atoms with Gasteiger partial charge in [-0.15, -0.1) is 0 Å². The quantitative estimate of drug-likeness (QED) is 0.772. The number of hydrogen-bond donors (Lipinski definition) is 1. The SMILES string of the molecule is CC1CNCCN1CC#CCc1ccccc1. The Labute approximate surface area is 104 Å². The Hall–Kier alpha value is -1.30. The normalized spacial score (nSPS) is 20.6. The second kappa shape index (κ2) is 6.44. The Balaban J connectivity index is 1.78. The fraction of sp³-hybridized carbons (Fsp3) is 0.467. The van der Waals surface area contributed by atoms with Crippen molar-refractivity contribution in [3.8, 4) is 11.8 Å². The molecule has 1 fully saturated rings. The Morgan fingerprint density at radius 1 is 1.29 bits per heavy atom. The van der Waals surface area contributed by atoms with Crippen LogP contribution >= 0.6 is 0 Å². The van der Waals surface area contributed by atoms with Crippen LogP contribution < -0.4 is 5.32 Å². The van der Waals surface area contributed by atoms with Crippen molar-refractivity contribution >= 4 is 0 Å². The lowest BCUT2D eigenvalue weighted by Gasteiger charge is -2.32. The summed E-state index contributed by atoms with van der Waals surface area (Å²) in [4.78, 5) is 2.44. The summed E-state index contributed by atoms with van der Waals surface area (Å²) in [6.07, 6.45) is 0.862. The third kappa shape index (κ3) is 3.89. The number of piperazine rings is 1. The van der Waals surface area contributed by atoms with Crippen molar-refractivity contribution in [2.24, 2.45) is 0 Å². The highest BCUT2D eigenvalue weighted by atomic mass is 15.2. The Kier molecular flexibility index (Phi) is 4.61. The summed E-state index contributed by atoms with van der Waals surface area (Å²) >= 11 is 0. The van der Waals surface area contributed by atoms with E-state index >= 15 is 0 Å². The second-order valence-electron chi connectivity index (χ2n) is 4.54. The molecule has 2 nitrogen and oxygen atoms in total. The molecule has 1 heterocycles. The zero-order valence-electron chi connectivity index (χ0n) is 10.4. The van der Waals surface area contributed by atoms with Gasteiger partial charge in [0.1, 0.15) is 0 Å². The summed E-state index contributed by atoms with van der Waals surface area (Å²) in [7, 11) is 0. The van der Waals surface area contributed by atoms with Crippen molar-refractivity contribution in [2.45, 2.75) is 19.4 Å². The molecule has 1 aliphatic heterocycles. The number of benzene rings is 1. The number of nitrogens with one attached hydrogen (secondary N) is 1. The van der Waals surface area contributed by atoms with E-state index < -0.39 is 0 Å². The highest BCUT2D eigenvalue weighted by Gasteiger charge is 2.15. The van der Waals surface area contributed by atoms with Crippen LogP contribution in [0.15, 0.2) is 30.3 Å². The zero-order valence-corrected chi connectivity index (χ0v) is 10.4. The van der Waals surface area contributed by atoms with Crippen LogP contribution in [0.5, 0.6) is 0 Å². The molecule has 0 aromatic heterocycles. The molecular formula is C15H20N2. The summed E-state index contributed by atoms with van der Waals surface area (Å²) in [6, 6.07) is 11.0. The van der Waals surface area contributed by atoms with Gasteiger partial charge in [0.05, 0.1) is 6.54 Å². The maximum atomic E-state index is 3.39.